The first-order valence-electron chi connectivity index (χ1n) is 7.69. The molecule has 0 radical (unpaired) electrons. The topological polar surface area (TPSA) is 71.3 Å². The summed E-state index contributed by atoms with van der Waals surface area (Å²) in [5.41, 5.74) is 5.20. The number of carbonyl (C=O) groups excluding carboxylic acids is 1. The zero-order chi connectivity index (χ0) is 15.6. The van der Waals surface area contributed by atoms with Gasteiger partial charge in [-0.1, -0.05) is 18.2 Å². The monoisotopic (exact) mass is 307 g/mol. The Kier molecular flexibility index (Phi) is 3.51. The lowest BCUT2D eigenvalue weighted by Crippen LogP contribution is -2.25. The highest BCUT2D eigenvalue weighted by Gasteiger charge is 2.14. The van der Waals surface area contributed by atoms with Crippen LogP contribution in [0.1, 0.15) is 16.7 Å². The number of fused-ring (bicyclic) bond motifs is 2. The smallest absolute Gasteiger partial charge is 0.228 e. The quantitative estimate of drug-likeness (QED) is 0.770. The van der Waals surface area contributed by atoms with Gasteiger partial charge in [0.2, 0.25) is 5.91 Å². The summed E-state index contributed by atoms with van der Waals surface area (Å²) in [6.45, 7) is 1.85. The molecule has 0 aliphatic carbocycles. The molecule has 23 heavy (non-hydrogen) atoms. The maximum Gasteiger partial charge on any atom is 0.228 e. The molecule has 6 nitrogen and oxygen atoms in total. The third kappa shape index (κ3) is 2.80. The first kappa shape index (κ1) is 13.9. The summed E-state index contributed by atoms with van der Waals surface area (Å²) < 4.78 is 1.64. The predicted molar refractivity (Wildman–Crippen MR) is 87.2 cm³/mol. The van der Waals surface area contributed by atoms with Crippen molar-refractivity contribution in [2.24, 2.45) is 0 Å². The van der Waals surface area contributed by atoms with E-state index in [0.29, 0.717) is 6.42 Å². The first-order chi connectivity index (χ1) is 11.3. The molecule has 0 unspecified atom stereocenters. The van der Waals surface area contributed by atoms with Crippen LogP contribution < -0.4 is 10.6 Å². The van der Waals surface area contributed by atoms with Crippen LogP contribution in [0.4, 0.5) is 5.69 Å². The van der Waals surface area contributed by atoms with Gasteiger partial charge in [-0.05, 0) is 41.8 Å². The summed E-state index contributed by atoms with van der Waals surface area (Å²) in [5, 5.41) is 10.4. The largest absolute Gasteiger partial charge is 0.324 e. The molecule has 2 aromatic heterocycles. The van der Waals surface area contributed by atoms with E-state index in [0.717, 1.165) is 36.4 Å². The molecule has 6 heteroatoms. The number of pyridine rings is 1. The van der Waals surface area contributed by atoms with Gasteiger partial charge in [-0.2, -0.15) is 5.10 Å². The molecular formula is C17H17N5O. The highest BCUT2D eigenvalue weighted by molar-refractivity contribution is 5.92. The molecule has 0 atom stereocenters. The lowest BCUT2D eigenvalue weighted by atomic mass is 9.94. The van der Waals surface area contributed by atoms with E-state index in [1.807, 2.05) is 24.3 Å². The molecule has 3 heterocycles. The highest BCUT2D eigenvalue weighted by atomic mass is 16.1. The Hall–Kier alpha value is -2.73. The number of nitrogens with one attached hydrogen (secondary N) is 2. The molecule has 116 valence electrons. The standard InChI is InChI=1S/C17H17N5O/c23-17(21-14-4-5-16-19-11-20-22(16)10-14)8-12-2-1-3-13-9-18-7-6-15(12)13/h1-5,10-11,18H,6-9H2,(H,21,23). The minimum absolute atomic E-state index is 0.0172. The number of hydrogen-bond donors (Lipinski definition) is 2. The van der Waals surface area contributed by atoms with Crippen LogP contribution in [-0.2, 0) is 24.2 Å². The van der Waals surface area contributed by atoms with Gasteiger partial charge in [0.05, 0.1) is 18.3 Å². The van der Waals surface area contributed by atoms with E-state index in [-0.39, 0.29) is 5.91 Å². The third-order valence-corrected chi connectivity index (χ3v) is 4.15. The normalized spacial score (nSPS) is 13.7. The van der Waals surface area contributed by atoms with Gasteiger partial charge < -0.3 is 10.6 Å². The number of anilines is 1. The number of carbonyl (C=O) groups is 1. The van der Waals surface area contributed by atoms with Gasteiger partial charge in [0.25, 0.3) is 0 Å². The molecule has 0 bridgehead atoms. The average Bonchev–Trinajstić information content (AvgIpc) is 3.03. The fourth-order valence-electron chi connectivity index (χ4n) is 3.05. The number of benzene rings is 1. The second-order valence-corrected chi connectivity index (χ2v) is 5.69. The van der Waals surface area contributed by atoms with E-state index in [4.69, 9.17) is 0 Å². The number of aromatic nitrogens is 3. The molecule has 1 aliphatic rings. The molecule has 0 saturated heterocycles. The van der Waals surface area contributed by atoms with Crippen molar-refractivity contribution < 1.29 is 4.79 Å². The van der Waals surface area contributed by atoms with Crippen molar-refractivity contribution in [3.8, 4) is 0 Å². The van der Waals surface area contributed by atoms with E-state index in [2.05, 4.69) is 26.8 Å². The Morgan fingerprint density at radius 2 is 2.26 bits per heavy atom. The minimum atomic E-state index is -0.0172. The predicted octanol–water partition coefficient (Wildman–Crippen LogP) is 1.56. The summed E-state index contributed by atoms with van der Waals surface area (Å²) in [5.74, 6) is -0.0172. The Bertz CT molecular complexity index is 870. The van der Waals surface area contributed by atoms with Gasteiger partial charge in [0, 0.05) is 6.54 Å². The molecule has 2 N–H and O–H groups in total. The molecule has 0 spiro atoms. The first-order valence-corrected chi connectivity index (χ1v) is 7.69. The maximum absolute atomic E-state index is 12.4. The number of hydrogen-bond acceptors (Lipinski definition) is 4. The lowest BCUT2D eigenvalue weighted by molar-refractivity contribution is -0.115. The molecule has 1 aliphatic heterocycles. The highest BCUT2D eigenvalue weighted by Crippen LogP contribution is 2.19. The van der Waals surface area contributed by atoms with Crippen LogP contribution >= 0.6 is 0 Å². The molecule has 3 aromatic rings. The van der Waals surface area contributed by atoms with Crippen molar-refractivity contribution in [2.45, 2.75) is 19.4 Å². The molecule has 0 saturated carbocycles. The van der Waals surface area contributed by atoms with Gasteiger partial charge in [0.1, 0.15) is 6.33 Å². The van der Waals surface area contributed by atoms with Crippen molar-refractivity contribution in [2.75, 3.05) is 11.9 Å². The molecule has 4 rings (SSSR count). The van der Waals surface area contributed by atoms with E-state index in [1.165, 1.54) is 17.5 Å². The average molecular weight is 307 g/mol. The van der Waals surface area contributed by atoms with Crippen molar-refractivity contribution in [1.82, 2.24) is 19.9 Å². The van der Waals surface area contributed by atoms with Gasteiger partial charge in [-0.25, -0.2) is 9.50 Å². The van der Waals surface area contributed by atoms with Crippen molar-refractivity contribution in [1.29, 1.82) is 0 Å². The van der Waals surface area contributed by atoms with Gasteiger partial charge in [-0.3, -0.25) is 4.79 Å². The van der Waals surface area contributed by atoms with Crippen LogP contribution in [0.15, 0.2) is 42.9 Å². The summed E-state index contributed by atoms with van der Waals surface area (Å²) in [4.78, 5) is 16.5. The number of nitrogens with zero attached hydrogens (tertiary/aromatic N) is 3. The van der Waals surface area contributed by atoms with E-state index in [1.54, 1.807) is 10.7 Å². The van der Waals surface area contributed by atoms with Crippen LogP contribution in [0.25, 0.3) is 5.65 Å². The van der Waals surface area contributed by atoms with Crippen LogP contribution in [0, 0.1) is 0 Å². The number of amides is 1. The van der Waals surface area contributed by atoms with Gasteiger partial charge >= 0.3 is 0 Å². The van der Waals surface area contributed by atoms with E-state index in [9.17, 15) is 4.79 Å². The molecule has 1 aromatic carbocycles. The Labute approximate surface area is 133 Å². The van der Waals surface area contributed by atoms with E-state index < -0.39 is 0 Å². The summed E-state index contributed by atoms with van der Waals surface area (Å²) >= 11 is 0. The third-order valence-electron chi connectivity index (χ3n) is 4.15. The SMILES string of the molecule is O=C(Cc1cccc2c1CCNC2)Nc1ccc2ncnn2c1. The lowest BCUT2D eigenvalue weighted by Gasteiger charge is -2.20. The van der Waals surface area contributed by atoms with Crippen molar-refractivity contribution in [3.05, 3.63) is 59.5 Å². The van der Waals surface area contributed by atoms with Crippen molar-refractivity contribution >= 4 is 17.2 Å². The maximum atomic E-state index is 12.4. The molecule has 0 fully saturated rings. The summed E-state index contributed by atoms with van der Waals surface area (Å²) in [6, 6.07) is 9.87. The fraction of sp³-hybridized carbons (Fsp3) is 0.235. The second kappa shape index (κ2) is 5.81. The minimum Gasteiger partial charge on any atom is -0.324 e. The van der Waals surface area contributed by atoms with E-state index >= 15 is 0 Å². The van der Waals surface area contributed by atoms with Gasteiger partial charge in [0.15, 0.2) is 5.65 Å². The zero-order valence-corrected chi connectivity index (χ0v) is 12.6. The zero-order valence-electron chi connectivity index (χ0n) is 12.6. The Morgan fingerprint density at radius 1 is 1.30 bits per heavy atom. The van der Waals surface area contributed by atoms with Crippen molar-refractivity contribution in [3.63, 3.8) is 0 Å². The summed E-state index contributed by atoms with van der Waals surface area (Å²) in [6.07, 6.45) is 4.62. The number of rotatable bonds is 3. The second-order valence-electron chi connectivity index (χ2n) is 5.69. The van der Waals surface area contributed by atoms with Gasteiger partial charge in [-0.15, -0.1) is 0 Å². The molecule has 1 amide bonds. The Balaban J connectivity index is 1.51. The fourth-order valence-corrected chi connectivity index (χ4v) is 3.05. The molecular weight excluding hydrogens is 290 g/mol. The Morgan fingerprint density at radius 3 is 3.22 bits per heavy atom. The van der Waals surface area contributed by atoms with Crippen LogP contribution in [0.2, 0.25) is 0 Å². The van der Waals surface area contributed by atoms with Crippen LogP contribution in [0.5, 0.6) is 0 Å². The van der Waals surface area contributed by atoms with Crippen LogP contribution in [-0.4, -0.2) is 27.0 Å². The van der Waals surface area contributed by atoms with Crippen LogP contribution in [0.3, 0.4) is 0 Å². The summed E-state index contributed by atoms with van der Waals surface area (Å²) in [7, 11) is 0.